The third kappa shape index (κ3) is 8.18. The number of unbranched alkanes of at least 4 members (excludes halogenated alkanes) is 2. The van der Waals surface area contributed by atoms with Gasteiger partial charge in [0.15, 0.2) is 40.3 Å². The number of halogens is 1. The molecule has 2 heterocycles. The first kappa shape index (κ1) is 39.0. The van der Waals surface area contributed by atoms with Crippen molar-refractivity contribution in [3.05, 3.63) is 106 Å². The summed E-state index contributed by atoms with van der Waals surface area (Å²) in [5.41, 5.74) is 3.54. The van der Waals surface area contributed by atoms with Crippen LogP contribution in [-0.4, -0.2) is 66.1 Å². The summed E-state index contributed by atoms with van der Waals surface area (Å²) in [7, 11) is 6.16. The molecule has 0 bridgehead atoms. The van der Waals surface area contributed by atoms with E-state index in [-0.39, 0.29) is 43.4 Å². The SMILES string of the molecule is COc1cc(/C=C/C(=O)c2ccc(F)cc2)ccc1OCCCCCC(=O)N[C@@H]1c2cc3c(cc2[C@@H](c2cc(OC)c(OC)c(OC)c2)[C@H]2C(=O)OC[C@@H]21)OCO3. The van der Waals surface area contributed by atoms with Crippen LogP contribution in [0.1, 0.15) is 70.3 Å². The fourth-order valence-corrected chi connectivity index (χ4v) is 7.81. The number of fused-ring (bicyclic) bond motifs is 3. The molecule has 1 amide bonds. The van der Waals surface area contributed by atoms with E-state index in [0.717, 1.165) is 28.7 Å². The number of carbonyl (C=O) groups is 3. The molecule has 298 valence electrons. The standard InChI is InChI=1S/C44H44FNO11/c1-50-34-18-25(9-15-32(47)26-11-13-28(45)14-12-26)10-16-33(34)54-17-7-5-6-8-39(48)46-42-30-22-36-35(56-24-57-36)21-29(30)40(41-31(42)23-55-44(41)49)27-19-37(51-2)43(53-4)38(20-27)52-3/h9-16,18-22,31,40-42H,5-8,17,23-24H2,1-4H3,(H,46,48)/b15-9+/t31-,40+,41-,42+/m0/s1. The van der Waals surface area contributed by atoms with E-state index < -0.39 is 23.7 Å². The molecule has 13 heteroatoms. The minimum atomic E-state index is -0.603. The molecule has 4 atom stereocenters. The molecule has 1 aliphatic carbocycles. The van der Waals surface area contributed by atoms with Gasteiger partial charge in [0.05, 0.1) is 53.6 Å². The average molecular weight is 782 g/mol. The van der Waals surface area contributed by atoms with Gasteiger partial charge in [0.2, 0.25) is 18.4 Å². The Kier molecular flexibility index (Phi) is 11.8. The number of ether oxygens (including phenoxy) is 8. The van der Waals surface area contributed by atoms with Gasteiger partial charge in [-0.1, -0.05) is 12.1 Å². The lowest BCUT2D eigenvalue weighted by atomic mass is 9.65. The van der Waals surface area contributed by atoms with Crippen molar-refractivity contribution in [1.29, 1.82) is 0 Å². The first-order valence-electron chi connectivity index (χ1n) is 18.7. The van der Waals surface area contributed by atoms with Gasteiger partial charge < -0.3 is 43.2 Å². The minimum absolute atomic E-state index is 0.0698. The van der Waals surface area contributed by atoms with Gasteiger partial charge in [-0.05, 0) is 108 Å². The second-order valence-electron chi connectivity index (χ2n) is 13.9. The lowest BCUT2D eigenvalue weighted by Crippen LogP contribution is -2.42. The van der Waals surface area contributed by atoms with Crippen molar-refractivity contribution in [2.45, 2.75) is 37.6 Å². The normalized spacial score (nSPS) is 19.0. The maximum atomic E-state index is 13.5. The summed E-state index contributed by atoms with van der Waals surface area (Å²) >= 11 is 0. The highest BCUT2D eigenvalue weighted by Crippen LogP contribution is 2.55. The third-order valence-corrected chi connectivity index (χ3v) is 10.6. The number of ketones is 1. The van der Waals surface area contributed by atoms with E-state index in [0.29, 0.717) is 65.3 Å². The Morgan fingerprint density at radius 3 is 2.18 bits per heavy atom. The topological polar surface area (TPSA) is 137 Å². The van der Waals surface area contributed by atoms with Crippen molar-refractivity contribution < 1.29 is 56.7 Å². The van der Waals surface area contributed by atoms with Crippen molar-refractivity contribution in [3.8, 4) is 40.2 Å². The van der Waals surface area contributed by atoms with Gasteiger partial charge in [0, 0.05) is 23.8 Å². The maximum Gasteiger partial charge on any atom is 0.310 e. The molecule has 0 aromatic heterocycles. The number of nitrogens with one attached hydrogen (secondary N) is 1. The number of benzene rings is 4. The number of allylic oxidation sites excluding steroid dienone is 1. The number of cyclic esters (lactones) is 1. The summed E-state index contributed by atoms with van der Waals surface area (Å²) in [5.74, 6) is 1.01. The van der Waals surface area contributed by atoms with E-state index in [9.17, 15) is 18.8 Å². The van der Waals surface area contributed by atoms with Gasteiger partial charge in [0.25, 0.3) is 0 Å². The Morgan fingerprint density at radius 1 is 0.789 bits per heavy atom. The van der Waals surface area contributed by atoms with Crippen LogP contribution in [0.25, 0.3) is 6.08 Å². The molecule has 1 N–H and O–H groups in total. The summed E-state index contributed by atoms with van der Waals surface area (Å²) < 4.78 is 58.8. The van der Waals surface area contributed by atoms with E-state index in [1.165, 1.54) is 37.5 Å². The fraction of sp³-hybridized carbons (Fsp3) is 0.341. The van der Waals surface area contributed by atoms with Crippen molar-refractivity contribution in [2.75, 3.05) is 48.4 Å². The number of methoxy groups -OCH3 is 4. The van der Waals surface area contributed by atoms with Crippen LogP contribution in [0.4, 0.5) is 4.39 Å². The monoisotopic (exact) mass is 781 g/mol. The highest BCUT2D eigenvalue weighted by atomic mass is 19.1. The lowest BCUT2D eigenvalue weighted by molar-refractivity contribution is -0.141. The third-order valence-electron chi connectivity index (χ3n) is 10.6. The fourth-order valence-electron chi connectivity index (χ4n) is 7.81. The Bertz CT molecular complexity index is 2140. The number of hydrogen-bond donors (Lipinski definition) is 1. The van der Waals surface area contributed by atoms with Crippen molar-refractivity contribution >= 4 is 23.7 Å². The number of hydrogen-bond acceptors (Lipinski definition) is 11. The first-order valence-corrected chi connectivity index (χ1v) is 18.7. The molecule has 1 saturated heterocycles. The average Bonchev–Trinajstić information content (AvgIpc) is 3.86. The van der Waals surface area contributed by atoms with Crippen LogP contribution in [0.15, 0.2) is 72.8 Å². The van der Waals surface area contributed by atoms with Crippen LogP contribution in [0.3, 0.4) is 0 Å². The minimum Gasteiger partial charge on any atom is -0.493 e. The molecule has 4 aromatic rings. The van der Waals surface area contributed by atoms with Crippen LogP contribution in [0, 0.1) is 17.7 Å². The number of esters is 1. The Balaban J connectivity index is 0.985. The van der Waals surface area contributed by atoms with Gasteiger partial charge in [-0.15, -0.1) is 0 Å². The van der Waals surface area contributed by atoms with Crippen LogP contribution in [0.2, 0.25) is 0 Å². The van der Waals surface area contributed by atoms with E-state index in [1.54, 1.807) is 39.5 Å². The van der Waals surface area contributed by atoms with Crippen molar-refractivity contribution in [3.63, 3.8) is 0 Å². The molecule has 12 nitrogen and oxygen atoms in total. The van der Waals surface area contributed by atoms with E-state index >= 15 is 0 Å². The molecule has 0 unspecified atom stereocenters. The molecule has 4 aromatic carbocycles. The second kappa shape index (κ2) is 17.3. The van der Waals surface area contributed by atoms with Gasteiger partial charge in [-0.25, -0.2) is 4.39 Å². The van der Waals surface area contributed by atoms with Gasteiger partial charge in [-0.2, -0.15) is 0 Å². The molecule has 0 radical (unpaired) electrons. The highest BCUT2D eigenvalue weighted by Gasteiger charge is 2.53. The number of carbonyl (C=O) groups excluding carboxylic acids is 3. The van der Waals surface area contributed by atoms with E-state index in [4.69, 9.17) is 37.9 Å². The highest BCUT2D eigenvalue weighted by molar-refractivity contribution is 6.06. The van der Waals surface area contributed by atoms with E-state index in [1.807, 2.05) is 30.3 Å². The summed E-state index contributed by atoms with van der Waals surface area (Å²) in [4.78, 5) is 39.5. The molecule has 2 aliphatic heterocycles. The molecule has 1 fully saturated rings. The Hall–Kier alpha value is -6.24. The summed E-state index contributed by atoms with van der Waals surface area (Å²) in [5, 5.41) is 3.23. The summed E-state index contributed by atoms with van der Waals surface area (Å²) in [6.07, 6.45) is 5.42. The van der Waals surface area contributed by atoms with Crippen LogP contribution >= 0.6 is 0 Å². The molecule has 0 saturated carbocycles. The van der Waals surface area contributed by atoms with Crippen LogP contribution in [0.5, 0.6) is 40.2 Å². The predicted molar refractivity (Wildman–Crippen MR) is 206 cm³/mol. The lowest BCUT2D eigenvalue weighted by Gasteiger charge is -2.39. The molecule has 3 aliphatic rings. The number of rotatable bonds is 16. The molecule has 57 heavy (non-hydrogen) atoms. The summed E-state index contributed by atoms with van der Waals surface area (Å²) in [6, 6.07) is 17.7. The second-order valence-corrected chi connectivity index (χ2v) is 13.9. The smallest absolute Gasteiger partial charge is 0.310 e. The van der Waals surface area contributed by atoms with Gasteiger partial charge >= 0.3 is 5.97 Å². The molecule has 0 spiro atoms. The zero-order valence-electron chi connectivity index (χ0n) is 32.1. The molecule has 7 rings (SSSR count). The first-order chi connectivity index (χ1) is 27.7. The maximum absolute atomic E-state index is 13.5. The largest absolute Gasteiger partial charge is 0.493 e. The Labute approximate surface area is 329 Å². The predicted octanol–water partition coefficient (Wildman–Crippen LogP) is 7.22. The van der Waals surface area contributed by atoms with Crippen LogP contribution < -0.4 is 38.5 Å². The van der Waals surface area contributed by atoms with Gasteiger partial charge in [0.1, 0.15) is 5.82 Å². The zero-order chi connectivity index (χ0) is 40.1. The number of amides is 1. The Morgan fingerprint density at radius 2 is 1.49 bits per heavy atom. The van der Waals surface area contributed by atoms with Gasteiger partial charge in [-0.3, -0.25) is 14.4 Å². The van der Waals surface area contributed by atoms with Crippen LogP contribution in [-0.2, 0) is 14.3 Å². The van der Waals surface area contributed by atoms with Crippen molar-refractivity contribution in [2.24, 2.45) is 11.8 Å². The molecular formula is C44H44FNO11. The quantitative estimate of drug-likeness (QED) is 0.0534. The van der Waals surface area contributed by atoms with Crippen molar-refractivity contribution in [1.82, 2.24) is 5.32 Å². The zero-order valence-corrected chi connectivity index (χ0v) is 32.1. The summed E-state index contributed by atoms with van der Waals surface area (Å²) in [6.45, 7) is 0.626. The van der Waals surface area contributed by atoms with E-state index in [2.05, 4.69) is 5.32 Å². The molecular weight excluding hydrogens is 737 g/mol.